The molecule has 176 valence electrons. The largest absolute Gasteiger partial charge is 0.496 e. The number of likely N-dealkylation sites (tertiary alicyclic amines) is 1. The van der Waals surface area contributed by atoms with Gasteiger partial charge in [-0.2, -0.15) is 0 Å². The van der Waals surface area contributed by atoms with Gasteiger partial charge in [0.2, 0.25) is 5.91 Å². The van der Waals surface area contributed by atoms with Gasteiger partial charge in [0, 0.05) is 37.3 Å². The Labute approximate surface area is 187 Å². The summed E-state index contributed by atoms with van der Waals surface area (Å²) in [5.41, 5.74) is 0.882. The standard InChI is InChI=1S/C24H40N2O5/c1-6-8-11-19(7-2)25(16-24(28)26-12-9-10-18(26)3)15-21-22(29-4)13-20(31-17-27)14-23(21)30-5/h13-14,18-19,27H,6-12,15-17H2,1-5H3/t18-,19?/m1/s1. The Bertz CT molecular complexity index is 672. The van der Waals surface area contributed by atoms with Gasteiger partial charge in [-0.1, -0.05) is 26.7 Å². The van der Waals surface area contributed by atoms with Gasteiger partial charge in [-0.15, -0.1) is 0 Å². The van der Waals surface area contributed by atoms with Crippen LogP contribution in [0.2, 0.25) is 0 Å². The molecule has 7 heteroatoms. The molecule has 0 aromatic heterocycles. The molecule has 0 aliphatic carbocycles. The highest BCUT2D eigenvalue weighted by Gasteiger charge is 2.29. The zero-order valence-electron chi connectivity index (χ0n) is 19.9. The van der Waals surface area contributed by atoms with Gasteiger partial charge < -0.3 is 24.2 Å². The topological polar surface area (TPSA) is 71.5 Å². The van der Waals surface area contributed by atoms with Crippen LogP contribution in [0.1, 0.15) is 64.9 Å². The minimum absolute atomic E-state index is 0.193. The molecule has 0 bridgehead atoms. The van der Waals surface area contributed by atoms with E-state index in [1.807, 2.05) is 4.90 Å². The number of rotatable bonds is 13. The zero-order valence-corrected chi connectivity index (χ0v) is 19.9. The third kappa shape index (κ3) is 6.74. The van der Waals surface area contributed by atoms with Crippen molar-refractivity contribution in [1.29, 1.82) is 0 Å². The number of hydrogen-bond acceptors (Lipinski definition) is 6. The van der Waals surface area contributed by atoms with Crippen LogP contribution in [0.5, 0.6) is 17.2 Å². The maximum atomic E-state index is 13.2. The SMILES string of the molecule is CCCCC(CC)N(CC(=O)N1CCC[C@H]1C)Cc1c(OC)cc(OCO)cc1OC. The average Bonchev–Trinajstić information content (AvgIpc) is 3.20. The Morgan fingerprint density at radius 1 is 1.26 bits per heavy atom. The second-order valence-electron chi connectivity index (χ2n) is 8.27. The van der Waals surface area contributed by atoms with Crippen molar-refractivity contribution < 1.29 is 24.1 Å². The number of aliphatic hydroxyl groups excluding tert-OH is 1. The molecule has 1 saturated heterocycles. The van der Waals surface area contributed by atoms with E-state index in [0.717, 1.165) is 50.6 Å². The van der Waals surface area contributed by atoms with Crippen molar-refractivity contribution >= 4 is 5.91 Å². The molecule has 1 amide bonds. The summed E-state index contributed by atoms with van der Waals surface area (Å²) in [6, 6.07) is 4.11. The fraction of sp³-hybridized carbons (Fsp3) is 0.708. The molecule has 1 aromatic carbocycles. The number of nitrogens with zero attached hydrogens (tertiary/aromatic N) is 2. The number of aliphatic hydroxyl groups is 1. The van der Waals surface area contributed by atoms with Crippen LogP contribution >= 0.6 is 0 Å². The van der Waals surface area contributed by atoms with E-state index in [2.05, 4.69) is 25.7 Å². The van der Waals surface area contributed by atoms with E-state index in [-0.39, 0.29) is 5.91 Å². The first-order valence-electron chi connectivity index (χ1n) is 11.5. The second kappa shape index (κ2) is 12.8. The Morgan fingerprint density at radius 3 is 2.42 bits per heavy atom. The van der Waals surface area contributed by atoms with Crippen LogP contribution in [-0.2, 0) is 11.3 Å². The summed E-state index contributed by atoms with van der Waals surface area (Å²) in [5, 5.41) is 9.12. The number of unbranched alkanes of at least 4 members (excludes halogenated alkanes) is 1. The Balaban J connectivity index is 2.33. The predicted octanol–water partition coefficient (Wildman–Crippen LogP) is 3.81. The van der Waals surface area contributed by atoms with Crippen LogP contribution in [0.25, 0.3) is 0 Å². The van der Waals surface area contributed by atoms with E-state index in [4.69, 9.17) is 19.3 Å². The third-order valence-corrected chi connectivity index (χ3v) is 6.26. The molecule has 0 radical (unpaired) electrons. The highest BCUT2D eigenvalue weighted by molar-refractivity contribution is 5.79. The van der Waals surface area contributed by atoms with Crippen LogP contribution in [0.4, 0.5) is 0 Å². The van der Waals surface area contributed by atoms with Gasteiger partial charge in [0.05, 0.1) is 26.3 Å². The molecule has 0 saturated carbocycles. The fourth-order valence-corrected chi connectivity index (χ4v) is 4.44. The Hall–Kier alpha value is -1.99. The first kappa shape index (κ1) is 25.3. The van der Waals surface area contributed by atoms with Gasteiger partial charge in [0.1, 0.15) is 17.2 Å². The molecule has 1 aliphatic heterocycles. The lowest BCUT2D eigenvalue weighted by atomic mass is 10.0. The molecule has 7 nitrogen and oxygen atoms in total. The van der Waals surface area contributed by atoms with Crippen molar-refractivity contribution in [3.05, 3.63) is 17.7 Å². The third-order valence-electron chi connectivity index (χ3n) is 6.26. The van der Waals surface area contributed by atoms with Crippen molar-refractivity contribution in [2.45, 2.75) is 77.9 Å². The average molecular weight is 437 g/mol. The minimum Gasteiger partial charge on any atom is -0.496 e. The number of carbonyl (C=O) groups excluding carboxylic acids is 1. The molecule has 1 heterocycles. The summed E-state index contributed by atoms with van der Waals surface area (Å²) in [5.74, 6) is 1.92. The molecule has 2 rings (SSSR count). The first-order valence-corrected chi connectivity index (χ1v) is 11.5. The number of carbonyl (C=O) groups is 1. The van der Waals surface area contributed by atoms with Gasteiger partial charge in [0.15, 0.2) is 6.79 Å². The van der Waals surface area contributed by atoms with Crippen LogP contribution in [-0.4, -0.2) is 67.0 Å². The Kier molecular flexibility index (Phi) is 10.4. The van der Waals surface area contributed by atoms with Crippen molar-refractivity contribution in [3.8, 4) is 17.2 Å². The second-order valence-corrected chi connectivity index (χ2v) is 8.27. The van der Waals surface area contributed by atoms with Crippen LogP contribution in [0.15, 0.2) is 12.1 Å². The predicted molar refractivity (Wildman–Crippen MR) is 122 cm³/mol. The van der Waals surface area contributed by atoms with Crippen LogP contribution in [0.3, 0.4) is 0 Å². The number of hydrogen-bond donors (Lipinski definition) is 1. The van der Waals surface area contributed by atoms with Gasteiger partial charge in [-0.05, 0) is 32.6 Å². The Morgan fingerprint density at radius 2 is 1.94 bits per heavy atom. The molecule has 31 heavy (non-hydrogen) atoms. The summed E-state index contributed by atoms with van der Waals surface area (Å²) in [4.78, 5) is 17.5. The lowest BCUT2D eigenvalue weighted by molar-refractivity contribution is -0.133. The van der Waals surface area contributed by atoms with Crippen molar-refractivity contribution in [1.82, 2.24) is 9.80 Å². The van der Waals surface area contributed by atoms with Crippen molar-refractivity contribution in [3.63, 3.8) is 0 Å². The van der Waals surface area contributed by atoms with Gasteiger partial charge in [-0.25, -0.2) is 0 Å². The lowest BCUT2D eigenvalue weighted by Gasteiger charge is -2.34. The maximum Gasteiger partial charge on any atom is 0.237 e. The number of amides is 1. The highest BCUT2D eigenvalue weighted by Crippen LogP contribution is 2.36. The monoisotopic (exact) mass is 436 g/mol. The molecular weight excluding hydrogens is 396 g/mol. The van der Waals surface area contributed by atoms with Crippen LogP contribution in [0, 0.1) is 0 Å². The summed E-state index contributed by atoms with van der Waals surface area (Å²) >= 11 is 0. The molecule has 2 atom stereocenters. The quantitative estimate of drug-likeness (QED) is 0.474. The number of benzene rings is 1. The molecule has 1 unspecified atom stereocenters. The summed E-state index contributed by atoms with van der Waals surface area (Å²) < 4.78 is 16.5. The molecule has 1 aromatic rings. The molecule has 1 fully saturated rings. The molecule has 1 N–H and O–H groups in total. The highest BCUT2D eigenvalue weighted by atomic mass is 16.6. The van der Waals surface area contributed by atoms with E-state index in [9.17, 15) is 4.79 Å². The van der Waals surface area contributed by atoms with E-state index in [0.29, 0.717) is 42.4 Å². The normalized spacial score (nSPS) is 17.1. The fourth-order valence-electron chi connectivity index (χ4n) is 4.44. The smallest absolute Gasteiger partial charge is 0.237 e. The van der Waals surface area contributed by atoms with Gasteiger partial charge >= 0.3 is 0 Å². The van der Waals surface area contributed by atoms with Gasteiger partial charge in [0.25, 0.3) is 0 Å². The summed E-state index contributed by atoms with van der Waals surface area (Å²) in [6.07, 6.45) is 6.42. The summed E-state index contributed by atoms with van der Waals surface area (Å²) in [6.45, 7) is 7.86. The zero-order chi connectivity index (χ0) is 22.8. The number of ether oxygens (including phenoxy) is 3. The lowest BCUT2D eigenvalue weighted by Crippen LogP contribution is -2.45. The number of methoxy groups -OCH3 is 2. The van der Waals surface area contributed by atoms with E-state index >= 15 is 0 Å². The maximum absolute atomic E-state index is 13.2. The van der Waals surface area contributed by atoms with E-state index in [1.54, 1.807) is 26.4 Å². The first-order chi connectivity index (χ1) is 15.0. The van der Waals surface area contributed by atoms with Crippen LogP contribution < -0.4 is 14.2 Å². The summed E-state index contributed by atoms with van der Waals surface area (Å²) in [7, 11) is 3.22. The molecule has 1 aliphatic rings. The van der Waals surface area contributed by atoms with E-state index in [1.165, 1.54) is 0 Å². The minimum atomic E-state index is -0.421. The van der Waals surface area contributed by atoms with E-state index < -0.39 is 6.79 Å². The van der Waals surface area contributed by atoms with Crippen molar-refractivity contribution in [2.24, 2.45) is 0 Å². The molecule has 0 spiro atoms. The van der Waals surface area contributed by atoms with Crippen molar-refractivity contribution in [2.75, 3.05) is 34.1 Å². The molecular formula is C24H40N2O5. The van der Waals surface area contributed by atoms with Gasteiger partial charge in [-0.3, -0.25) is 9.69 Å².